The Morgan fingerprint density at radius 2 is 2.21 bits per heavy atom. The van der Waals surface area contributed by atoms with Crippen molar-refractivity contribution in [2.45, 2.75) is 6.42 Å². The van der Waals surface area contributed by atoms with Gasteiger partial charge in [0.05, 0.1) is 0 Å². The van der Waals surface area contributed by atoms with Gasteiger partial charge in [0.15, 0.2) is 0 Å². The van der Waals surface area contributed by atoms with E-state index in [9.17, 15) is 4.39 Å². The molecule has 0 aromatic heterocycles. The molecule has 0 heterocycles. The summed E-state index contributed by atoms with van der Waals surface area (Å²) in [5, 5.41) is 0.380. The van der Waals surface area contributed by atoms with Crippen LogP contribution in [0.5, 0.6) is 0 Å². The van der Waals surface area contributed by atoms with Crippen LogP contribution in [0.4, 0.5) is 4.39 Å². The Bertz CT molecular complexity index is 329. The van der Waals surface area contributed by atoms with E-state index < -0.39 is 0 Å². The molecular formula is C10H10BrClFN. The van der Waals surface area contributed by atoms with Gasteiger partial charge in [0, 0.05) is 15.1 Å². The van der Waals surface area contributed by atoms with E-state index in [0.29, 0.717) is 21.6 Å². The normalized spacial score (nSPS) is 11.1. The van der Waals surface area contributed by atoms with Crippen molar-refractivity contribution in [1.29, 1.82) is 0 Å². The third-order valence-electron chi connectivity index (χ3n) is 1.66. The predicted molar refractivity (Wildman–Crippen MR) is 61.8 cm³/mol. The molecule has 1 rings (SSSR count). The van der Waals surface area contributed by atoms with E-state index in [1.165, 1.54) is 6.07 Å². The molecule has 76 valence electrons. The molecule has 4 heteroatoms. The zero-order valence-electron chi connectivity index (χ0n) is 7.43. The third-order valence-corrected chi connectivity index (χ3v) is 2.54. The zero-order chi connectivity index (χ0) is 10.6. The standard InChI is InChI=1S/C10H10BrClFN/c11-9-5-7(12)6-10(13)8(9)3-1-2-4-14/h1,3,5-6H,2,4,14H2. The summed E-state index contributed by atoms with van der Waals surface area (Å²) in [7, 11) is 0. The Hall–Kier alpha value is -0.380. The van der Waals surface area contributed by atoms with Crippen molar-refractivity contribution in [1.82, 2.24) is 0 Å². The summed E-state index contributed by atoms with van der Waals surface area (Å²) in [6.07, 6.45) is 4.26. The maximum atomic E-state index is 13.3. The van der Waals surface area contributed by atoms with Crippen molar-refractivity contribution in [3.63, 3.8) is 0 Å². The predicted octanol–water partition coefficient (Wildman–Crippen LogP) is 3.60. The molecule has 0 aliphatic carbocycles. The molecule has 2 N–H and O–H groups in total. The van der Waals surface area contributed by atoms with E-state index in [1.807, 2.05) is 6.08 Å². The monoisotopic (exact) mass is 277 g/mol. The topological polar surface area (TPSA) is 26.0 Å². The molecule has 0 spiro atoms. The highest BCUT2D eigenvalue weighted by atomic mass is 79.9. The van der Waals surface area contributed by atoms with E-state index in [1.54, 1.807) is 12.1 Å². The Kier molecular flexibility index (Phi) is 4.58. The van der Waals surface area contributed by atoms with Crippen molar-refractivity contribution in [3.05, 3.63) is 39.1 Å². The van der Waals surface area contributed by atoms with Gasteiger partial charge < -0.3 is 5.73 Å². The molecule has 0 aliphatic heterocycles. The summed E-state index contributed by atoms with van der Waals surface area (Å²) < 4.78 is 14.0. The fraction of sp³-hybridized carbons (Fsp3) is 0.200. The molecule has 0 atom stereocenters. The second-order valence-corrected chi connectivity index (χ2v) is 4.05. The van der Waals surface area contributed by atoms with Gasteiger partial charge in [-0.3, -0.25) is 0 Å². The van der Waals surface area contributed by atoms with E-state index in [0.717, 1.165) is 6.42 Å². The molecule has 1 aromatic rings. The summed E-state index contributed by atoms with van der Waals surface area (Å²) in [5.41, 5.74) is 5.82. The smallest absolute Gasteiger partial charge is 0.133 e. The van der Waals surface area contributed by atoms with Gasteiger partial charge in [-0.25, -0.2) is 4.39 Å². The van der Waals surface area contributed by atoms with Crippen LogP contribution in [0.3, 0.4) is 0 Å². The minimum atomic E-state index is -0.336. The summed E-state index contributed by atoms with van der Waals surface area (Å²) >= 11 is 8.91. The fourth-order valence-corrected chi connectivity index (χ4v) is 1.91. The van der Waals surface area contributed by atoms with Gasteiger partial charge in [0.25, 0.3) is 0 Å². The van der Waals surface area contributed by atoms with Gasteiger partial charge in [-0.2, -0.15) is 0 Å². The Labute approximate surface area is 95.9 Å². The lowest BCUT2D eigenvalue weighted by Gasteiger charge is -2.01. The van der Waals surface area contributed by atoms with E-state index >= 15 is 0 Å². The molecule has 0 saturated heterocycles. The van der Waals surface area contributed by atoms with Gasteiger partial charge in [-0.1, -0.05) is 39.7 Å². The first-order chi connectivity index (χ1) is 6.65. The minimum Gasteiger partial charge on any atom is -0.330 e. The van der Waals surface area contributed by atoms with Gasteiger partial charge >= 0.3 is 0 Å². The molecule has 14 heavy (non-hydrogen) atoms. The van der Waals surface area contributed by atoms with Crippen molar-refractivity contribution < 1.29 is 4.39 Å². The molecule has 1 nitrogen and oxygen atoms in total. The van der Waals surface area contributed by atoms with Crippen LogP contribution in [0.2, 0.25) is 5.02 Å². The average Bonchev–Trinajstić information content (AvgIpc) is 2.09. The zero-order valence-corrected chi connectivity index (χ0v) is 9.78. The summed E-state index contributed by atoms with van der Waals surface area (Å²) in [6, 6.07) is 2.95. The highest BCUT2D eigenvalue weighted by Crippen LogP contribution is 2.25. The Morgan fingerprint density at radius 3 is 2.79 bits per heavy atom. The maximum Gasteiger partial charge on any atom is 0.133 e. The first-order valence-electron chi connectivity index (χ1n) is 4.16. The molecule has 0 unspecified atom stereocenters. The quantitative estimate of drug-likeness (QED) is 0.898. The molecule has 0 aliphatic rings. The van der Waals surface area contributed by atoms with Crippen LogP contribution in [-0.4, -0.2) is 6.54 Å². The Balaban J connectivity index is 2.96. The first-order valence-corrected chi connectivity index (χ1v) is 5.33. The van der Waals surface area contributed by atoms with Crippen LogP contribution in [-0.2, 0) is 0 Å². The van der Waals surface area contributed by atoms with Gasteiger partial charge in [-0.15, -0.1) is 0 Å². The lowest BCUT2D eigenvalue weighted by Crippen LogP contribution is -1.95. The molecule has 0 bridgehead atoms. The highest BCUT2D eigenvalue weighted by molar-refractivity contribution is 9.10. The minimum absolute atomic E-state index is 0.336. The number of nitrogens with two attached hydrogens (primary N) is 1. The van der Waals surface area contributed by atoms with Crippen LogP contribution in [0, 0.1) is 5.82 Å². The Morgan fingerprint density at radius 1 is 1.50 bits per heavy atom. The van der Waals surface area contributed by atoms with Gasteiger partial charge in [0.2, 0.25) is 0 Å². The maximum absolute atomic E-state index is 13.3. The number of rotatable bonds is 3. The van der Waals surface area contributed by atoms with Gasteiger partial charge in [-0.05, 0) is 25.1 Å². The summed E-state index contributed by atoms with van der Waals surface area (Å²) in [4.78, 5) is 0. The third kappa shape index (κ3) is 3.08. The lowest BCUT2D eigenvalue weighted by molar-refractivity contribution is 0.624. The van der Waals surface area contributed by atoms with E-state index in [2.05, 4.69) is 15.9 Å². The first kappa shape index (κ1) is 11.7. The van der Waals surface area contributed by atoms with Crippen LogP contribution < -0.4 is 5.73 Å². The summed E-state index contributed by atoms with van der Waals surface area (Å²) in [6.45, 7) is 0.559. The molecule has 1 aromatic carbocycles. The van der Waals surface area contributed by atoms with Crippen molar-refractivity contribution in [2.75, 3.05) is 6.54 Å². The highest BCUT2D eigenvalue weighted by Gasteiger charge is 2.04. The molecule has 0 fully saturated rings. The van der Waals surface area contributed by atoms with Crippen molar-refractivity contribution in [2.24, 2.45) is 5.73 Å². The largest absolute Gasteiger partial charge is 0.330 e. The number of hydrogen-bond donors (Lipinski definition) is 1. The second kappa shape index (κ2) is 5.49. The van der Waals surface area contributed by atoms with Crippen LogP contribution in [0.15, 0.2) is 22.7 Å². The van der Waals surface area contributed by atoms with E-state index in [4.69, 9.17) is 17.3 Å². The van der Waals surface area contributed by atoms with E-state index in [-0.39, 0.29) is 5.82 Å². The van der Waals surface area contributed by atoms with Crippen LogP contribution in [0.1, 0.15) is 12.0 Å². The molecule has 0 amide bonds. The lowest BCUT2D eigenvalue weighted by atomic mass is 10.2. The van der Waals surface area contributed by atoms with Gasteiger partial charge in [0.1, 0.15) is 5.82 Å². The molecular weight excluding hydrogens is 268 g/mol. The fourth-order valence-electron chi connectivity index (χ4n) is 1.01. The number of halogens is 3. The number of hydrogen-bond acceptors (Lipinski definition) is 1. The van der Waals surface area contributed by atoms with Crippen LogP contribution >= 0.6 is 27.5 Å². The second-order valence-electron chi connectivity index (χ2n) is 2.76. The molecule has 0 radical (unpaired) electrons. The SMILES string of the molecule is NCCC=Cc1c(F)cc(Cl)cc1Br. The molecule has 0 saturated carbocycles. The van der Waals surface area contributed by atoms with Crippen molar-refractivity contribution in [3.8, 4) is 0 Å². The van der Waals surface area contributed by atoms with Crippen LogP contribution in [0.25, 0.3) is 6.08 Å². The number of benzene rings is 1. The summed E-state index contributed by atoms with van der Waals surface area (Å²) in [5.74, 6) is -0.336. The van der Waals surface area contributed by atoms with Crippen molar-refractivity contribution >= 4 is 33.6 Å². The average molecular weight is 279 g/mol.